The van der Waals surface area contributed by atoms with Crippen LogP contribution in [0.3, 0.4) is 0 Å². The largest absolute Gasteiger partial charge is 0.507 e. The maximum Gasteiger partial charge on any atom is 0.126 e. The molecule has 1 N–H and O–H groups in total. The molecule has 0 saturated carbocycles. The molecule has 1 aliphatic rings. The minimum atomic E-state index is 0.0634. The van der Waals surface area contributed by atoms with Gasteiger partial charge in [0.05, 0.1) is 0 Å². The predicted molar refractivity (Wildman–Crippen MR) is 115 cm³/mol. The van der Waals surface area contributed by atoms with Crippen LogP contribution in [0.4, 0.5) is 0 Å². The Hall–Kier alpha value is -2.02. The van der Waals surface area contributed by atoms with Gasteiger partial charge in [-0.1, -0.05) is 78.0 Å². The number of benzene rings is 2. The summed E-state index contributed by atoms with van der Waals surface area (Å²) >= 11 is 0. The van der Waals surface area contributed by atoms with E-state index in [2.05, 4.69) is 70.2 Å². The van der Waals surface area contributed by atoms with Crippen LogP contribution >= 0.6 is 0 Å². The normalized spacial score (nSPS) is 13.5. The topological polar surface area (TPSA) is 20.2 Å². The van der Waals surface area contributed by atoms with Crippen LogP contribution in [0.25, 0.3) is 17.2 Å². The summed E-state index contributed by atoms with van der Waals surface area (Å²) in [6.07, 6.45) is 8.78. The molecule has 0 atom stereocenters. The van der Waals surface area contributed by atoms with Crippen molar-refractivity contribution in [3.63, 3.8) is 0 Å². The lowest BCUT2D eigenvalue weighted by Gasteiger charge is -2.23. The molecule has 140 valence electrons. The number of aryl methyl sites for hydroxylation is 2. The molecule has 0 aromatic heterocycles. The Balaban J connectivity index is 0.00000117. The predicted octanol–water partition coefficient (Wildman–Crippen LogP) is 7.29. The molecule has 0 spiro atoms. The van der Waals surface area contributed by atoms with Gasteiger partial charge in [-0.3, -0.25) is 0 Å². The Bertz CT molecular complexity index is 775. The van der Waals surface area contributed by atoms with Crippen molar-refractivity contribution in [2.45, 2.75) is 72.6 Å². The maximum atomic E-state index is 10.9. The second kappa shape index (κ2) is 8.58. The summed E-state index contributed by atoms with van der Waals surface area (Å²) in [5.41, 5.74) is 7.17. The average Bonchev–Trinajstić information content (AvgIpc) is 2.88. The quantitative estimate of drug-likeness (QED) is 0.602. The van der Waals surface area contributed by atoms with Crippen LogP contribution in [0, 0.1) is 0 Å². The number of phenols is 1. The molecule has 0 amide bonds. The fourth-order valence-electron chi connectivity index (χ4n) is 3.48. The molecule has 0 radical (unpaired) electrons. The fraction of sp³-hybridized carbons (Fsp3) is 0.440. The van der Waals surface area contributed by atoms with E-state index >= 15 is 0 Å². The minimum absolute atomic E-state index is 0.0634. The molecule has 0 aliphatic heterocycles. The molecule has 0 fully saturated rings. The van der Waals surface area contributed by atoms with E-state index in [4.69, 9.17) is 0 Å². The summed E-state index contributed by atoms with van der Waals surface area (Å²) in [5.74, 6) is 0.441. The summed E-state index contributed by atoms with van der Waals surface area (Å²) in [4.78, 5) is 0. The van der Waals surface area contributed by atoms with Crippen LogP contribution in [0.5, 0.6) is 5.75 Å². The SMILES string of the molecule is CC.CCc1cc(C(C)(C)C)cc(-c2cccc3c2C=CCCC3)c1O. The number of hydrogen-bond acceptors (Lipinski definition) is 1. The monoisotopic (exact) mass is 350 g/mol. The van der Waals surface area contributed by atoms with Gasteiger partial charge in [0.15, 0.2) is 0 Å². The lowest BCUT2D eigenvalue weighted by Crippen LogP contribution is -2.12. The summed E-state index contributed by atoms with van der Waals surface area (Å²) in [6.45, 7) is 12.8. The molecule has 1 nitrogen and oxygen atoms in total. The van der Waals surface area contributed by atoms with Crippen molar-refractivity contribution < 1.29 is 5.11 Å². The molecule has 3 rings (SSSR count). The fourth-order valence-corrected chi connectivity index (χ4v) is 3.48. The highest BCUT2D eigenvalue weighted by molar-refractivity contribution is 5.82. The molecular weight excluding hydrogens is 316 g/mol. The first-order valence-corrected chi connectivity index (χ1v) is 10.1. The third-order valence-corrected chi connectivity index (χ3v) is 5.02. The van der Waals surface area contributed by atoms with Crippen molar-refractivity contribution in [1.29, 1.82) is 0 Å². The number of allylic oxidation sites excluding steroid dienone is 1. The smallest absolute Gasteiger partial charge is 0.126 e. The van der Waals surface area contributed by atoms with Gasteiger partial charge in [-0.05, 0) is 65.0 Å². The Kier molecular flexibility index (Phi) is 6.69. The van der Waals surface area contributed by atoms with Crippen LogP contribution < -0.4 is 0 Å². The molecule has 0 heterocycles. The molecule has 26 heavy (non-hydrogen) atoms. The van der Waals surface area contributed by atoms with Crippen LogP contribution in [0.15, 0.2) is 36.4 Å². The zero-order valence-corrected chi connectivity index (χ0v) is 17.3. The second-order valence-corrected chi connectivity index (χ2v) is 7.81. The van der Waals surface area contributed by atoms with E-state index in [0.29, 0.717) is 5.75 Å². The summed E-state index contributed by atoms with van der Waals surface area (Å²) in [5, 5.41) is 10.9. The Labute approximate surface area is 159 Å². The van der Waals surface area contributed by atoms with E-state index in [0.717, 1.165) is 36.0 Å². The lowest BCUT2D eigenvalue weighted by molar-refractivity contribution is 0.469. The molecule has 0 saturated heterocycles. The zero-order chi connectivity index (χ0) is 19.3. The average molecular weight is 351 g/mol. The highest BCUT2D eigenvalue weighted by atomic mass is 16.3. The van der Waals surface area contributed by atoms with Crippen LogP contribution in [0.1, 0.15) is 76.6 Å². The van der Waals surface area contributed by atoms with Gasteiger partial charge in [-0.15, -0.1) is 0 Å². The van der Waals surface area contributed by atoms with Gasteiger partial charge < -0.3 is 5.11 Å². The number of hydrogen-bond donors (Lipinski definition) is 1. The van der Waals surface area contributed by atoms with Crippen molar-refractivity contribution in [3.8, 4) is 16.9 Å². The van der Waals surface area contributed by atoms with Gasteiger partial charge in [-0.25, -0.2) is 0 Å². The highest BCUT2D eigenvalue weighted by Gasteiger charge is 2.20. The first-order valence-electron chi connectivity index (χ1n) is 10.1. The van der Waals surface area contributed by atoms with Crippen molar-refractivity contribution >= 4 is 6.08 Å². The first kappa shape index (κ1) is 20.3. The molecule has 1 heteroatoms. The Morgan fingerprint density at radius 1 is 1.04 bits per heavy atom. The van der Waals surface area contributed by atoms with Crippen molar-refractivity contribution in [3.05, 3.63) is 58.7 Å². The minimum Gasteiger partial charge on any atom is -0.507 e. The maximum absolute atomic E-state index is 10.9. The standard InChI is InChI=1S/C23H28O.C2H6/c1-5-16-14-18(23(2,3)4)15-21(22(16)24)20-13-9-11-17-10-7-6-8-12-19(17)20;1-2/h8-9,11-15,24H,5-7,10H2,1-4H3;1-2H3. The number of fused-ring (bicyclic) bond motifs is 1. The van der Waals surface area contributed by atoms with Crippen LogP contribution in [-0.2, 0) is 18.3 Å². The van der Waals surface area contributed by atoms with E-state index in [-0.39, 0.29) is 5.41 Å². The second-order valence-electron chi connectivity index (χ2n) is 7.81. The third kappa shape index (κ3) is 4.20. The van der Waals surface area contributed by atoms with Gasteiger partial charge >= 0.3 is 0 Å². The molecule has 2 aromatic rings. The van der Waals surface area contributed by atoms with Crippen molar-refractivity contribution in [1.82, 2.24) is 0 Å². The van der Waals surface area contributed by atoms with E-state index in [1.165, 1.54) is 23.1 Å². The van der Waals surface area contributed by atoms with Crippen molar-refractivity contribution in [2.75, 3.05) is 0 Å². The van der Waals surface area contributed by atoms with E-state index in [1.54, 1.807) is 0 Å². The molecular formula is C25H34O. The molecule has 0 bridgehead atoms. The van der Waals surface area contributed by atoms with Gasteiger partial charge in [-0.2, -0.15) is 0 Å². The molecule has 2 aromatic carbocycles. The molecule has 1 aliphatic carbocycles. The summed E-state index contributed by atoms with van der Waals surface area (Å²) in [7, 11) is 0. The van der Waals surface area contributed by atoms with Crippen LogP contribution in [0.2, 0.25) is 0 Å². The van der Waals surface area contributed by atoms with E-state index in [9.17, 15) is 5.11 Å². The summed E-state index contributed by atoms with van der Waals surface area (Å²) < 4.78 is 0. The van der Waals surface area contributed by atoms with Gasteiger partial charge in [0, 0.05) is 5.56 Å². The molecule has 0 unspecified atom stereocenters. The number of phenolic OH excluding ortho intramolecular Hbond substituents is 1. The third-order valence-electron chi connectivity index (χ3n) is 5.02. The van der Waals surface area contributed by atoms with Crippen molar-refractivity contribution in [2.24, 2.45) is 0 Å². The van der Waals surface area contributed by atoms with Crippen LogP contribution in [-0.4, -0.2) is 5.11 Å². The lowest BCUT2D eigenvalue weighted by atomic mass is 9.82. The van der Waals surface area contributed by atoms with E-state index < -0.39 is 0 Å². The van der Waals surface area contributed by atoms with Gasteiger partial charge in [0.1, 0.15) is 5.75 Å². The highest BCUT2D eigenvalue weighted by Crippen LogP contribution is 2.40. The summed E-state index contributed by atoms with van der Waals surface area (Å²) in [6, 6.07) is 10.8. The van der Waals surface area contributed by atoms with E-state index in [1.807, 2.05) is 13.8 Å². The Morgan fingerprint density at radius 3 is 2.42 bits per heavy atom. The van der Waals surface area contributed by atoms with Gasteiger partial charge in [0.2, 0.25) is 0 Å². The number of rotatable bonds is 2. The zero-order valence-electron chi connectivity index (χ0n) is 17.3. The number of aromatic hydroxyl groups is 1. The first-order chi connectivity index (χ1) is 12.4. The van der Waals surface area contributed by atoms with Gasteiger partial charge in [0.25, 0.3) is 0 Å². The Morgan fingerprint density at radius 2 is 1.77 bits per heavy atom.